The predicted octanol–water partition coefficient (Wildman–Crippen LogP) is 5.26. The van der Waals surface area contributed by atoms with E-state index in [1.165, 1.54) is 4.68 Å². The van der Waals surface area contributed by atoms with Crippen molar-refractivity contribution in [3.8, 4) is 28.9 Å². The number of rotatable bonds is 6. The number of aromatic nitrogens is 3. The van der Waals surface area contributed by atoms with E-state index in [1.54, 1.807) is 12.3 Å². The lowest BCUT2D eigenvalue weighted by Crippen LogP contribution is -2.20. The van der Waals surface area contributed by atoms with Crippen molar-refractivity contribution < 1.29 is 4.74 Å². The van der Waals surface area contributed by atoms with Crippen LogP contribution in [0.15, 0.2) is 94.8 Å². The Balaban J connectivity index is 1.57. The van der Waals surface area contributed by atoms with Crippen molar-refractivity contribution in [2.45, 2.75) is 13.8 Å². The van der Waals surface area contributed by atoms with E-state index in [-0.39, 0.29) is 12.2 Å². The average molecular weight is 474 g/mol. The van der Waals surface area contributed by atoms with Crippen LogP contribution in [0.2, 0.25) is 0 Å². The lowest BCUT2D eigenvalue weighted by atomic mass is 10.2. The van der Waals surface area contributed by atoms with Gasteiger partial charge in [-0.1, -0.05) is 42.5 Å². The normalized spacial score (nSPS) is 11.1. The van der Waals surface area contributed by atoms with Crippen molar-refractivity contribution in [2.75, 3.05) is 6.61 Å². The number of aryl methyl sites for hydroxylation is 1. The second-order valence-corrected chi connectivity index (χ2v) is 8.28. The lowest BCUT2D eigenvalue weighted by Gasteiger charge is -2.11. The highest BCUT2D eigenvalue weighted by Crippen LogP contribution is 2.23. The highest BCUT2D eigenvalue weighted by molar-refractivity contribution is 5.83. The standard InChI is InChI=1S/C29H23N5O2/c1-20-18-23(21(2)33(20)24-12-14-25(15-13-24)36-17-16-30)19-31-34-28(22-8-4-3-5-9-22)32-27-11-7-6-10-26(27)29(34)35/h3-15,18-19H,17H2,1-2H3. The summed E-state index contributed by atoms with van der Waals surface area (Å²) in [4.78, 5) is 18.2. The van der Waals surface area contributed by atoms with Gasteiger partial charge in [-0.25, -0.2) is 4.98 Å². The second kappa shape index (κ2) is 9.72. The summed E-state index contributed by atoms with van der Waals surface area (Å²) in [5.41, 5.74) is 5.06. The van der Waals surface area contributed by atoms with Gasteiger partial charge in [-0.15, -0.1) is 0 Å². The molecule has 0 bridgehead atoms. The highest BCUT2D eigenvalue weighted by Gasteiger charge is 2.13. The Hall–Kier alpha value is -4.96. The van der Waals surface area contributed by atoms with E-state index in [4.69, 9.17) is 15.0 Å². The summed E-state index contributed by atoms with van der Waals surface area (Å²) in [6.45, 7) is 4.03. The number of para-hydroxylation sites is 1. The SMILES string of the molecule is Cc1cc(C=Nn2c(-c3ccccc3)nc3ccccc3c2=O)c(C)n1-c1ccc(OCC#N)cc1. The molecule has 0 saturated heterocycles. The molecule has 0 fully saturated rings. The van der Waals surface area contributed by atoms with Gasteiger partial charge < -0.3 is 9.30 Å². The smallest absolute Gasteiger partial charge is 0.282 e. The molecule has 176 valence electrons. The third-order valence-electron chi connectivity index (χ3n) is 5.97. The fraction of sp³-hybridized carbons (Fsp3) is 0.103. The van der Waals surface area contributed by atoms with Gasteiger partial charge in [0.05, 0.1) is 17.1 Å². The van der Waals surface area contributed by atoms with Gasteiger partial charge in [-0.2, -0.15) is 15.0 Å². The number of hydrogen-bond donors (Lipinski definition) is 0. The molecule has 0 amide bonds. The molecule has 0 radical (unpaired) electrons. The molecule has 3 aromatic carbocycles. The van der Waals surface area contributed by atoms with Crippen molar-refractivity contribution in [2.24, 2.45) is 5.10 Å². The van der Waals surface area contributed by atoms with Gasteiger partial charge in [-0.05, 0) is 56.3 Å². The van der Waals surface area contributed by atoms with Crippen molar-refractivity contribution in [1.29, 1.82) is 5.26 Å². The van der Waals surface area contributed by atoms with Crippen LogP contribution in [-0.2, 0) is 0 Å². The first kappa shape index (κ1) is 22.8. The van der Waals surface area contributed by atoms with Crippen LogP contribution in [0, 0.1) is 25.2 Å². The maximum Gasteiger partial charge on any atom is 0.282 e. The molecule has 0 N–H and O–H groups in total. The number of ether oxygens (including phenoxy) is 1. The van der Waals surface area contributed by atoms with Crippen LogP contribution < -0.4 is 10.3 Å². The Morgan fingerprint density at radius 3 is 2.47 bits per heavy atom. The summed E-state index contributed by atoms with van der Waals surface area (Å²) in [5, 5.41) is 13.8. The fourth-order valence-electron chi connectivity index (χ4n) is 4.25. The first-order chi connectivity index (χ1) is 17.6. The molecule has 7 heteroatoms. The number of hydrogen-bond acceptors (Lipinski definition) is 5. The molecular weight excluding hydrogens is 450 g/mol. The van der Waals surface area contributed by atoms with E-state index in [0.717, 1.165) is 28.2 Å². The molecular formula is C29H23N5O2. The molecule has 0 aliphatic carbocycles. The minimum absolute atomic E-state index is 0.00943. The molecule has 0 unspecified atom stereocenters. The molecule has 5 aromatic rings. The maximum absolute atomic E-state index is 13.4. The second-order valence-electron chi connectivity index (χ2n) is 8.28. The first-order valence-electron chi connectivity index (χ1n) is 11.5. The zero-order valence-electron chi connectivity index (χ0n) is 19.9. The maximum atomic E-state index is 13.4. The number of benzene rings is 3. The molecule has 0 saturated carbocycles. The summed E-state index contributed by atoms with van der Waals surface area (Å²) >= 11 is 0. The zero-order valence-corrected chi connectivity index (χ0v) is 19.9. The average Bonchev–Trinajstić information content (AvgIpc) is 3.20. The molecule has 0 aliphatic rings. The first-order valence-corrected chi connectivity index (χ1v) is 11.5. The van der Waals surface area contributed by atoms with E-state index in [0.29, 0.717) is 22.5 Å². The van der Waals surface area contributed by atoms with Crippen molar-refractivity contribution in [3.63, 3.8) is 0 Å². The van der Waals surface area contributed by atoms with Gasteiger partial charge in [0, 0.05) is 28.2 Å². The third kappa shape index (κ3) is 4.28. The molecule has 0 aliphatic heterocycles. The molecule has 0 spiro atoms. The molecule has 7 nitrogen and oxygen atoms in total. The third-order valence-corrected chi connectivity index (χ3v) is 5.97. The molecule has 2 heterocycles. The predicted molar refractivity (Wildman–Crippen MR) is 141 cm³/mol. The van der Waals surface area contributed by atoms with E-state index in [1.807, 2.05) is 98.8 Å². The summed E-state index contributed by atoms with van der Waals surface area (Å²) in [7, 11) is 0. The Labute approximate surface area is 208 Å². The van der Waals surface area contributed by atoms with Crippen LogP contribution in [-0.4, -0.2) is 27.0 Å². The summed E-state index contributed by atoms with van der Waals surface area (Å²) < 4.78 is 8.83. The molecule has 2 aromatic heterocycles. The molecule has 36 heavy (non-hydrogen) atoms. The Bertz CT molecular complexity index is 1670. The largest absolute Gasteiger partial charge is 0.479 e. The van der Waals surface area contributed by atoms with Crippen LogP contribution in [0.3, 0.4) is 0 Å². The topological polar surface area (TPSA) is 85.2 Å². The van der Waals surface area contributed by atoms with Crippen LogP contribution >= 0.6 is 0 Å². The van der Waals surface area contributed by atoms with E-state index < -0.39 is 0 Å². The molecule has 0 atom stereocenters. The summed E-state index contributed by atoms with van der Waals surface area (Å²) in [6.07, 6.45) is 1.70. The van der Waals surface area contributed by atoms with Crippen LogP contribution in [0.25, 0.3) is 28.0 Å². The summed E-state index contributed by atoms with van der Waals surface area (Å²) in [6, 6.07) is 28.4. The number of fused-ring (bicyclic) bond motifs is 1. The highest BCUT2D eigenvalue weighted by atomic mass is 16.5. The van der Waals surface area contributed by atoms with E-state index in [9.17, 15) is 4.79 Å². The fourth-order valence-corrected chi connectivity index (χ4v) is 4.25. The van der Waals surface area contributed by atoms with Crippen molar-refractivity contribution in [3.05, 3.63) is 112 Å². The van der Waals surface area contributed by atoms with Crippen LogP contribution in [0.4, 0.5) is 0 Å². The number of nitriles is 1. The van der Waals surface area contributed by atoms with Gasteiger partial charge in [0.25, 0.3) is 5.56 Å². The van der Waals surface area contributed by atoms with Gasteiger partial charge in [0.2, 0.25) is 0 Å². The van der Waals surface area contributed by atoms with Crippen LogP contribution in [0.5, 0.6) is 5.75 Å². The van der Waals surface area contributed by atoms with Gasteiger partial charge in [-0.3, -0.25) is 4.79 Å². The van der Waals surface area contributed by atoms with E-state index in [2.05, 4.69) is 9.67 Å². The Morgan fingerprint density at radius 2 is 1.72 bits per heavy atom. The molecule has 5 rings (SSSR count). The minimum atomic E-state index is -0.225. The summed E-state index contributed by atoms with van der Waals surface area (Å²) in [5.74, 6) is 1.12. The Kier molecular flexibility index (Phi) is 6.16. The lowest BCUT2D eigenvalue weighted by molar-refractivity contribution is 0.368. The van der Waals surface area contributed by atoms with Crippen molar-refractivity contribution >= 4 is 17.1 Å². The monoisotopic (exact) mass is 473 g/mol. The van der Waals surface area contributed by atoms with E-state index >= 15 is 0 Å². The van der Waals surface area contributed by atoms with Gasteiger partial charge in [0.15, 0.2) is 12.4 Å². The van der Waals surface area contributed by atoms with Crippen LogP contribution in [0.1, 0.15) is 17.0 Å². The van der Waals surface area contributed by atoms with Crippen molar-refractivity contribution in [1.82, 2.24) is 14.2 Å². The zero-order chi connectivity index (χ0) is 25.1. The number of nitrogens with zero attached hydrogens (tertiary/aromatic N) is 5. The Morgan fingerprint density at radius 1 is 1.00 bits per heavy atom. The quantitative estimate of drug-likeness (QED) is 0.315. The minimum Gasteiger partial charge on any atom is -0.479 e. The van der Waals surface area contributed by atoms with Gasteiger partial charge >= 0.3 is 0 Å². The van der Waals surface area contributed by atoms with Gasteiger partial charge in [0.1, 0.15) is 11.8 Å².